The number of hydrogen-bond acceptors (Lipinski definition) is 2. The number of aromatic amines is 1. The van der Waals surface area contributed by atoms with E-state index in [2.05, 4.69) is 99.5 Å². The van der Waals surface area contributed by atoms with Crippen LogP contribution >= 0.6 is 0 Å². The molecular weight excluding hydrogens is 430 g/mol. The lowest BCUT2D eigenvalue weighted by Crippen LogP contribution is -1.94. The van der Waals surface area contributed by atoms with Crippen LogP contribution in [0.2, 0.25) is 0 Å². The number of nitrogens with zero attached hydrogens (tertiary/aromatic N) is 2. The number of para-hydroxylation sites is 4. The summed E-state index contributed by atoms with van der Waals surface area (Å²) in [5, 5.41) is 4.96. The van der Waals surface area contributed by atoms with Gasteiger partial charge in [0.1, 0.15) is 5.52 Å². The molecule has 0 amide bonds. The Morgan fingerprint density at radius 3 is 2.26 bits per heavy atom. The van der Waals surface area contributed by atoms with E-state index in [9.17, 15) is 0 Å². The van der Waals surface area contributed by atoms with E-state index in [1.165, 1.54) is 32.6 Å². The minimum Gasteiger partial charge on any atom is -0.436 e. The quantitative estimate of drug-likeness (QED) is 0.289. The first-order valence-corrected chi connectivity index (χ1v) is 11.7. The van der Waals surface area contributed by atoms with Crippen molar-refractivity contribution in [2.45, 2.75) is 0 Å². The van der Waals surface area contributed by atoms with E-state index in [-0.39, 0.29) is 0 Å². The van der Waals surface area contributed by atoms with E-state index in [0.717, 1.165) is 33.4 Å². The second-order valence-electron chi connectivity index (χ2n) is 8.94. The van der Waals surface area contributed by atoms with Crippen molar-refractivity contribution < 1.29 is 4.42 Å². The summed E-state index contributed by atoms with van der Waals surface area (Å²) in [6, 6.07) is 37.9. The van der Waals surface area contributed by atoms with Gasteiger partial charge in [-0.25, -0.2) is 4.98 Å². The molecule has 164 valence electrons. The van der Waals surface area contributed by atoms with Gasteiger partial charge in [0, 0.05) is 38.3 Å². The minimum absolute atomic E-state index is 0.637. The van der Waals surface area contributed by atoms with Gasteiger partial charge in [0.2, 0.25) is 5.89 Å². The summed E-state index contributed by atoms with van der Waals surface area (Å²) in [5.41, 5.74) is 8.41. The third-order valence-electron chi connectivity index (χ3n) is 6.98. The van der Waals surface area contributed by atoms with Crippen molar-refractivity contribution in [2.75, 3.05) is 0 Å². The van der Waals surface area contributed by atoms with Crippen LogP contribution < -0.4 is 0 Å². The summed E-state index contributed by atoms with van der Waals surface area (Å²) in [4.78, 5) is 8.36. The molecule has 5 aromatic carbocycles. The van der Waals surface area contributed by atoms with E-state index in [1.54, 1.807) is 0 Å². The van der Waals surface area contributed by atoms with Gasteiger partial charge in [-0.3, -0.25) is 0 Å². The lowest BCUT2D eigenvalue weighted by Gasteiger charge is -2.09. The van der Waals surface area contributed by atoms with Crippen molar-refractivity contribution in [3.05, 3.63) is 109 Å². The van der Waals surface area contributed by atoms with E-state index < -0.39 is 0 Å². The fourth-order valence-corrected chi connectivity index (χ4v) is 5.39. The molecule has 0 bridgehead atoms. The molecule has 4 heteroatoms. The summed E-state index contributed by atoms with van der Waals surface area (Å²) in [7, 11) is 0. The number of fused-ring (bicyclic) bond motifs is 8. The van der Waals surface area contributed by atoms with E-state index in [4.69, 9.17) is 4.42 Å². The normalized spacial score (nSPS) is 12.0. The van der Waals surface area contributed by atoms with Crippen LogP contribution in [0, 0.1) is 0 Å². The third kappa shape index (κ3) is 2.59. The van der Waals surface area contributed by atoms with Crippen LogP contribution in [0.1, 0.15) is 0 Å². The molecular formula is C31H19N3O. The SMILES string of the molecule is c1ccc2oc(-c3ccc(-n4c5ccccc5c5ccc6c7ccccc7[nH]c6c54)cc3)nc2c1. The average molecular weight is 450 g/mol. The van der Waals surface area contributed by atoms with Gasteiger partial charge < -0.3 is 14.0 Å². The molecule has 8 rings (SSSR count). The van der Waals surface area contributed by atoms with Gasteiger partial charge in [0.15, 0.2) is 5.58 Å². The van der Waals surface area contributed by atoms with E-state index in [0.29, 0.717) is 5.89 Å². The van der Waals surface area contributed by atoms with Gasteiger partial charge in [-0.05, 0) is 48.5 Å². The maximum Gasteiger partial charge on any atom is 0.227 e. The molecule has 0 aliphatic rings. The van der Waals surface area contributed by atoms with Gasteiger partial charge in [-0.1, -0.05) is 60.7 Å². The predicted octanol–water partition coefficient (Wildman–Crippen LogP) is 8.23. The van der Waals surface area contributed by atoms with Crippen LogP contribution in [0.15, 0.2) is 114 Å². The van der Waals surface area contributed by atoms with Gasteiger partial charge in [-0.2, -0.15) is 0 Å². The highest BCUT2D eigenvalue weighted by Gasteiger charge is 2.17. The first kappa shape index (κ1) is 18.6. The van der Waals surface area contributed by atoms with E-state index >= 15 is 0 Å². The number of H-pyrrole nitrogens is 1. The summed E-state index contributed by atoms with van der Waals surface area (Å²) in [5.74, 6) is 0.637. The Labute approximate surface area is 200 Å². The second kappa shape index (κ2) is 6.84. The van der Waals surface area contributed by atoms with Crippen molar-refractivity contribution in [3.8, 4) is 17.1 Å². The van der Waals surface area contributed by atoms with Gasteiger partial charge in [0.05, 0.1) is 16.6 Å². The van der Waals surface area contributed by atoms with Crippen molar-refractivity contribution in [3.63, 3.8) is 0 Å². The smallest absolute Gasteiger partial charge is 0.227 e. The Balaban J connectivity index is 1.40. The summed E-state index contributed by atoms with van der Waals surface area (Å²) < 4.78 is 8.35. The molecule has 8 aromatic rings. The Kier molecular flexibility index (Phi) is 3.63. The van der Waals surface area contributed by atoms with Crippen molar-refractivity contribution in [2.24, 2.45) is 0 Å². The van der Waals surface area contributed by atoms with Crippen LogP contribution in [0.5, 0.6) is 0 Å². The Bertz CT molecular complexity index is 2020. The number of benzene rings is 5. The lowest BCUT2D eigenvalue weighted by molar-refractivity contribution is 0.620. The van der Waals surface area contributed by atoms with Gasteiger partial charge in [-0.15, -0.1) is 0 Å². The maximum atomic E-state index is 5.99. The highest BCUT2D eigenvalue weighted by Crippen LogP contribution is 2.38. The highest BCUT2D eigenvalue weighted by atomic mass is 16.3. The first-order valence-electron chi connectivity index (χ1n) is 11.7. The fourth-order valence-electron chi connectivity index (χ4n) is 5.39. The molecule has 4 nitrogen and oxygen atoms in total. The molecule has 3 aromatic heterocycles. The topological polar surface area (TPSA) is 46.8 Å². The number of nitrogens with one attached hydrogen (secondary N) is 1. The maximum absolute atomic E-state index is 5.99. The second-order valence-corrected chi connectivity index (χ2v) is 8.94. The molecule has 0 aliphatic carbocycles. The summed E-state index contributed by atoms with van der Waals surface area (Å²) in [6.07, 6.45) is 0. The molecule has 0 atom stereocenters. The Morgan fingerprint density at radius 2 is 1.37 bits per heavy atom. The Hall–Kier alpha value is -4.83. The third-order valence-corrected chi connectivity index (χ3v) is 6.98. The molecule has 3 heterocycles. The number of aromatic nitrogens is 3. The zero-order valence-corrected chi connectivity index (χ0v) is 18.7. The largest absolute Gasteiger partial charge is 0.436 e. The minimum atomic E-state index is 0.637. The highest BCUT2D eigenvalue weighted by molar-refractivity contribution is 6.22. The Morgan fingerprint density at radius 1 is 0.629 bits per heavy atom. The molecule has 0 aliphatic heterocycles. The monoisotopic (exact) mass is 449 g/mol. The summed E-state index contributed by atoms with van der Waals surface area (Å²) in [6.45, 7) is 0. The van der Waals surface area contributed by atoms with Gasteiger partial charge in [0.25, 0.3) is 0 Å². The van der Waals surface area contributed by atoms with Crippen molar-refractivity contribution in [1.29, 1.82) is 0 Å². The number of rotatable bonds is 2. The number of hydrogen-bond donors (Lipinski definition) is 1. The molecule has 0 spiro atoms. The van der Waals surface area contributed by atoms with Crippen LogP contribution in [0.3, 0.4) is 0 Å². The van der Waals surface area contributed by atoms with Crippen LogP contribution in [-0.4, -0.2) is 14.5 Å². The fraction of sp³-hybridized carbons (Fsp3) is 0. The first-order chi connectivity index (χ1) is 17.3. The zero-order valence-electron chi connectivity index (χ0n) is 18.7. The molecule has 35 heavy (non-hydrogen) atoms. The summed E-state index contributed by atoms with van der Waals surface area (Å²) >= 11 is 0. The molecule has 0 fully saturated rings. The molecule has 1 N–H and O–H groups in total. The molecule has 0 radical (unpaired) electrons. The number of oxazole rings is 1. The lowest BCUT2D eigenvalue weighted by atomic mass is 10.1. The zero-order chi connectivity index (χ0) is 22.9. The molecule has 0 saturated heterocycles. The predicted molar refractivity (Wildman–Crippen MR) is 143 cm³/mol. The molecule has 0 unspecified atom stereocenters. The van der Waals surface area contributed by atoms with Crippen molar-refractivity contribution >= 4 is 54.7 Å². The standard InChI is InChI=1S/C31H19N3O/c1-3-9-25-21(7-1)23-17-18-24-22-8-2-5-11-27(22)34(30(24)29(23)32-25)20-15-13-19(14-16-20)31-33-26-10-4-6-12-28(26)35-31/h1-18,32H. The van der Waals surface area contributed by atoms with Crippen LogP contribution in [0.4, 0.5) is 0 Å². The van der Waals surface area contributed by atoms with Crippen LogP contribution in [0.25, 0.3) is 71.9 Å². The van der Waals surface area contributed by atoms with Crippen molar-refractivity contribution in [1.82, 2.24) is 14.5 Å². The van der Waals surface area contributed by atoms with Gasteiger partial charge >= 0.3 is 0 Å². The molecule has 0 saturated carbocycles. The van der Waals surface area contributed by atoms with E-state index in [1.807, 2.05) is 24.3 Å². The average Bonchev–Trinajstić information content (AvgIpc) is 3.60. The van der Waals surface area contributed by atoms with Crippen LogP contribution in [-0.2, 0) is 0 Å².